The molecule has 6 nitrogen and oxygen atoms in total. The number of hydrogen-bond donors (Lipinski definition) is 0. The first kappa shape index (κ1) is 13.6. The van der Waals surface area contributed by atoms with Crippen molar-refractivity contribution in [2.75, 3.05) is 7.11 Å². The van der Waals surface area contributed by atoms with Gasteiger partial charge >= 0.3 is 0 Å². The molecule has 2 fully saturated rings. The molecule has 0 unspecified atom stereocenters. The Morgan fingerprint density at radius 3 is 2.39 bits per heavy atom. The molecule has 0 aromatic carbocycles. The predicted molar refractivity (Wildman–Crippen MR) is 59.8 cm³/mol. The molecule has 0 spiro atoms. The zero-order valence-electron chi connectivity index (χ0n) is 11.0. The highest BCUT2D eigenvalue weighted by atomic mass is 16.8. The van der Waals surface area contributed by atoms with Gasteiger partial charge in [-0.25, -0.2) is 0 Å². The number of ketones is 2. The summed E-state index contributed by atoms with van der Waals surface area (Å²) in [4.78, 5) is 22.5. The van der Waals surface area contributed by atoms with E-state index in [1.807, 2.05) is 0 Å². The van der Waals surface area contributed by atoms with Crippen LogP contribution in [0.3, 0.4) is 0 Å². The first-order chi connectivity index (χ1) is 8.34. The summed E-state index contributed by atoms with van der Waals surface area (Å²) in [5.41, 5.74) is 0. The van der Waals surface area contributed by atoms with E-state index in [4.69, 9.17) is 18.9 Å². The fraction of sp³-hybridized carbons (Fsp3) is 0.833. The van der Waals surface area contributed by atoms with Gasteiger partial charge in [-0.1, -0.05) is 0 Å². The molecule has 2 aliphatic rings. The highest BCUT2D eigenvalue weighted by Gasteiger charge is 2.55. The molecule has 6 heteroatoms. The Hall–Kier alpha value is -0.820. The summed E-state index contributed by atoms with van der Waals surface area (Å²) in [7, 11) is 1.51. The minimum absolute atomic E-state index is 0.00417. The van der Waals surface area contributed by atoms with Gasteiger partial charge in [-0.15, -0.1) is 0 Å². The third kappa shape index (κ3) is 2.47. The summed E-state index contributed by atoms with van der Waals surface area (Å²) in [6.45, 7) is 4.84. The van der Waals surface area contributed by atoms with Gasteiger partial charge in [0.1, 0.15) is 12.2 Å². The van der Waals surface area contributed by atoms with E-state index in [1.54, 1.807) is 13.8 Å². The zero-order valence-corrected chi connectivity index (χ0v) is 11.0. The molecule has 0 radical (unpaired) electrons. The maximum absolute atomic E-state index is 11.5. The summed E-state index contributed by atoms with van der Waals surface area (Å²) in [6, 6.07) is 0. The third-order valence-corrected chi connectivity index (χ3v) is 3.12. The van der Waals surface area contributed by atoms with Gasteiger partial charge in [-0.2, -0.15) is 0 Å². The van der Waals surface area contributed by atoms with Crippen LogP contribution in [-0.2, 0) is 28.5 Å². The number of methoxy groups -OCH3 is 1. The SMILES string of the molecule is CO[C@@H]1O[C@H](CC(=O)C(C)=O)[C@H]2OC(C)(C)O[C@@H]12. The molecule has 0 aliphatic carbocycles. The van der Waals surface area contributed by atoms with Crippen molar-refractivity contribution in [3.63, 3.8) is 0 Å². The van der Waals surface area contributed by atoms with Crippen LogP contribution in [0.15, 0.2) is 0 Å². The van der Waals surface area contributed by atoms with Crippen LogP contribution in [0.4, 0.5) is 0 Å². The van der Waals surface area contributed by atoms with Crippen LogP contribution in [0.2, 0.25) is 0 Å². The van der Waals surface area contributed by atoms with E-state index in [9.17, 15) is 9.59 Å². The molecule has 0 aromatic heterocycles. The lowest BCUT2D eigenvalue weighted by molar-refractivity contribution is -0.227. The van der Waals surface area contributed by atoms with Crippen molar-refractivity contribution in [1.82, 2.24) is 0 Å². The maximum Gasteiger partial charge on any atom is 0.200 e. The Morgan fingerprint density at radius 1 is 1.22 bits per heavy atom. The summed E-state index contributed by atoms with van der Waals surface area (Å²) >= 11 is 0. The van der Waals surface area contributed by atoms with Crippen molar-refractivity contribution in [3.8, 4) is 0 Å². The number of carbonyl (C=O) groups excluding carboxylic acids is 2. The standard InChI is InChI=1S/C12H18O6/c1-6(13)7(14)5-8-9-10(11(15-4)16-8)18-12(2,3)17-9/h8-11H,5H2,1-4H3/t8-,9-,10-,11-/m1/s1. The lowest BCUT2D eigenvalue weighted by Gasteiger charge is -2.23. The number of carbonyl (C=O) groups is 2. The van der Waals surface area contributed by atoms with Gasteiger partial charge in [0.2, 0.25) is 5.78 Å². The molecule has 2 heterocycles. The van der Waals surface area contributed by atoms with E-state index < -0.39 is 29.7 Å². The smallest absolute Gasteiger partial charge is 0.200 e. The Labute approximate surface area is 106 Å². The number of ether oxygens (including phenoxy) is 4. The molecule has 0 amide bonds. The number of rotatable bonds is 4. The molecule has 102 valence electrons. The van der Waals surface area contributed by atoms with Gasteiger partial charge in [0.05, 0.1) is 6.10 Å². The largest absolute Gasteiger partial charge is 0.353 e. The first-order valence-electron chi connectivity index (χ1n) is 5.92. The molecule has 0 bridgehead atoms. The maximum atomic E-state index is 11.5. The Morgan fingerprint density at radius 2 is 1.83 bits per heavy atom. The van der Waals surface area contributed by atoms with Crippen LogP contribution >= 0.6 is 0 Å². The minimum atomic E-state index is -0.729. The van der Waals surface area contributed by atoms with Gasteiger partial charge in [-0.3, -0.25) is 9.59 Å². The van der Waals surface area contributed by atoms with E-state index in [0.29, 0.717) is 0 Å². The van der Waals surface area contributed by atoms with E-state index >= 15 is 0 Å². The van der Waals surface area contributed by atoms with E-state index in [0.717, 1.165) is 0 Å². The summed E-state index contributed by atoms with van der Waals surface area (Å²) in [5, 5.41) is 0. The van der Waals surface area contributed by atoms with Crippen LogP contribution in [0.25, 0.3) is 0 Å². The number of hydrogen-bond acceptors (Lipinski definition) is 6. The van der Waals surface area contributed by atoms with Crippen molar-refractivity contribution in [1.29, 1.82) is 0 Å². The molecule has 18 heavy (non-hydrogen) atoms. The van der Waals surface area contributed by atoms with Gasteiger partial charge in [0.25, 0.3) is 0 Å². The van der Waals surface area contributed by atoms with Crippen LogP contribution in [-0.4, -0.2) is 49.1 Å². The molecule has 2 rings (SSSR count). The van der Waals surface area contributed by atoms with Crippen molar-refractivity contribution < 1.29 is 28.5 Å². The Kier molecular flexibility index (Phi) is 3.55. The first-order valence-corrected chi connectivity index (χ1v) is 5.92. The van der Waals surface area contributed by atoms with Crippen molar-refractivity contribution in [2.45, 2.75) is 57.6 Å². The van der Waals surface area contributed by atoms with E-state index in [-0.39, 0.29) is 18.6 Å². The fourth-order valence-electron chi connectivity index (χ4n) is 2.32. The van der Waals surface area contributed by atoms with Crippen molar-refractivity contribution in [2.24, 2.45) is 0 Å². The average Bonchev–Trinajstić information content (AvgIpc) is 2.73. The number of fused-ring (bicyclic) bond motifs is 1. The second-order valence-corrected chi connectivity index (χ2v) is 5.03. The van der Waals surface area contributed by atoms with Crippen LogP contribution < -0.4 is 0 Å². The summed E-state index contributed by atoms with van der Waals surface area (Å²) < 4.78 is 22.1. The molecule has 0 N–H and O–H groups in total. The second kappa shape index (κ2) is 4.70. The predicted octanol–water partition coefficient (Wildman–Crippen LogP) is 0.426. The topological polar surface area (TPSA) is 71.1 Å². The van der Waals surface area contributed by atoms with Crippen molar-refractivity contribution >= 4 is 11.6 Å². The summed E-state index contributed by atoms with van der Waals surface area (Å²) in [6.07, 6.45) is -1.82. The van der Waals surface area contributed by atoms with Crippen LogP contribution in [0.5, 0.6) is 0 Å². The van der Waals surface area contributed by atoms with Gasteiger partial charge in [-0.05, 0) is 13.8 Å². The lowest BCUT2D eigenvalue weighted by Crippen LogP contribution is -2.32. The Balaban J connectivity index is 2.09. The molecular weight excluding hydrogens is 240 g/mol. The van der Waals surface area contributed by atoms with Crippen LogP contribution in [0, 0.1) is 0 Å². The normalized spacial score (nSPS) is 37.6. The van der Waals surface area contributed by atoms with Gasteiger partial charge in [0.15, 0.2) is 17.9 Å². The zero-order chi connectivity index (χ0) is 13.5. The molecular formula is C12H18O6. The molecule has 2 saturated heterocycles. The van der Waals surface area contributed by atoms with Gasteiger partial charge < -0.3 is 18.9 Å². The minimum Gasteiger partial charge on any atom is -0.353 e. The third-order valence-electron chi connectivity index (χ3n) is 3.12. The second-order valence-electron chi connectivity index (χ2n) is 5.03. The molecule has 4 atom stereocenters. The Bertz CT molecular complexity index is 364. The molecule has 0 aromatic rings. The fourth-order valence-corrected chi connectivity index (χ4v) is 2.32. The van der Waals surface area contributed by atoms with Crippen LogP contribution in [0.1, 0.15) is 27.2 Å². The number of Topliss-reactive ketones (excluding diaryl/α,β-unsaturated/α-hetero) is 2. The average molecular weight is 258 g/mol. The van der Waals surface area contributed by atoms with Crippen molar-refractivity contribution in [3.05, 3.63) is 0 Å². The van der Waals surface area contributed by atoms with E-state index in [2.05, 4.69) is 0 Å². The van der Waals surface area contributed by atoms with Gasteiger partial charge in [0, 0.05) is 20.5 Å². The highest BCUT2D eigenvalue weighted by Crippen LogP contribution is 2.39. The molecule has 2 aliphatic heterocycles. The van der Waals surface area contributed by atoms with E-state index in [1.165, 1.54) is 14.0 Å². The quantitative estimate of drug-likeness (QED) is 0.681. The summed E-state index contributed by atoms with van der Waals surface area (Å²) in [5.74, 6) is -1.68. The lowest BCUT2D eigenvalue weighted by atomic mass is 10.0. The molecule has 0 saturated carbocycles. The monoisotopic (exact) mass is 258 g/mol. The highest BCUT2D eigenvalue weighted by molar-refractivity contribution is 6.36.